The predicted octanol–water partition coefficient (Wildman–Crippen LogP) is 4.08. The average molecular weight is 419 g/mol. The first kappa shape index (κ1) is 20.5. The van der Waals surface area contributed by atoms with Gasteiger partial charge < -0.3 is 14.0 Å². The van der Waals surface area contributed by atoms with Gasteiger partial charge in [0, 0.05) is 37.1 Å². The SMILES string of the molecule is CC1CC2CC(C)C3(OOC4(CCC(C(=O)OCCn5ccnc5)CC4)O3)C(C1)C2. The molecular formula is C23H34N2O5. The van der Waals surface area contributed by atoms with Gasteiger partial charge in [-0.3, -0.25) is 4.79 Å². The average Bonchev–Trinajstić information content (AvgIpc) is 3.36. The van der Waals surface area contributed by atoms with E-state index in [1.54, 1.807) is 12.5 Å². The lowest BCUT2D eigenvalue weighted by molar-refractivity contribution is -0.380. The molecule has 4 fully saturated rings. The van der Waals surface area contributed by atoms with Crippen molar-refractivity contribution < 1.29 is 24.0 Å². The third kappa shape index (κ3) is 3.69. The summed E-state index contributed by atoms with van der Waals surface area (Å²) in [7, 11) is 0. The van der Waals surface area contributed by atoms with E-state index in [2.05, 4.69) is 18.8 Å². The summed E-state index contributed by atoms with van der Waals surface area (Å²) in [6.07, 6.45) is 12.9. The van der Waals surface area contributed by atoms with E-state index in [0.29, 0.717) is 50.7 Å². The molecule has 5 atom stereocenters. The first-order valence-corrected chi connectivity index (χ1v) is 11.7. The second kappa shape index (κ2) is 7.92. The molecule has 1 saturated heterocycles. The summed E-state index contributed by atoms with van der Waals surface area (Å²) >= 11 is 0. The zero-order valence-corrected chi connectivity index (χ0v) is 18.1. The first-order valence-electron chi connectivity index (χ1n) is 11.7. The highest BCUT2D eigenvalue weighted by Crippen LogP contribution is 2.58. The molecule has 0 aromatic carbocycles. The van der Waals surface area contributed by atoms with Crippen LogP contribution in [0.4, 0.5) is 0 Å². The summed E-state index contributed by atoms with van der Waals surface area (Å²) in [6.45, 7) is 5.59. The summed E-state index contributed by atoms with van der Waals surface area (Å²) < 4.78 is 14.1. The molecule has 0 N–H and O–H groups in total. The molecule has 1 aromatic heterocycles. The van der Waals surface area contributed by atoms with Crippen molar-refractivity contribution in [3.05, 3.63) is 18.7 Å². The van der Waals surface area contributed by atoms with Crippen LogP contribution in [0.2, 0.25) is 0 Å². The molecule has 166 valence electrons. The van der Waals surface area contributed by atoms with E-state index in [4.69, 9.17) is 19.2 Å². The highest BCUT2D eigenvalue weighted by Gasteiger charge is 2.63. The Labute approximate surface area is 178 Å². The smallest absolute Gasteiger partial charge is 0.308 e. The molecule has 1 aliphatic heterocycles. The maximum Gasteiger partial charge on any atom is 0.308 e. The summed E-state index contributed by atoms with van der Waals surface area (Å²) in [5.74, 6) is 0.724. The number of ether oxygens (including phenoxy) is 2. The second-order valence-corrected chi connectivity index (χ2v) is 10.2. The molecule has 7 heteroatoms. The van der Waals surface area contributed by atoms with E-state index in [1.165, 1.54) is 12.8 Å². The quantitative estimate of drug-likeness (QED) is 0.542. The number of hydrogen-bond donors (Lipinski definition) is 0. The van der Waals surface area contributed by atoms with Crippen LogP contribution in [0, 0.1) is 29.6 Å². The highest BCUT2D eigenvalue weighted by molar-refractivity contribution is 5.72. The Morgan fingerprint density at radius 2 is 2.00 bits per heavy atom. The summed E-state index contributed by atoms with van der Waals surface area (Å²) in [5.41, 5.74) is 0. The van der Waals surface area contributed by atoms with Crippen molar-refractivity contribution in [3.63, 3.8) is 0 Å². The minimum Gasteiger partial charge on any atom is -0.464 e. The van der Waals surface area contributed by atoms with Crippen molar-refractivity contribution >= 4 is 5.97 Å². The van der Waals surface area contributed by atoms with Crippen LogP contribution in [0.5, 0.6) is 0 Å². The zero-order valence-electron chi connectivity index (χ0n) is 18.1. The van der Waals surface area contributed by atoms with Crippen molar-refractivity contribution in [2.75, 3.05) is 6.61 Å². The van der Waals surface area contributed by atoms with Crippen molar-refractivity contribution in [1.29, 1.82) is 0 Å². The Bertz CT molecular complexity index is 741. The van der Waals surface area contributed by atoms with Crippen LogP contribution in [-0.4, -0.2) is 33.7 Å². The number of carbonyl (C=O) groups is 1. The number of rotatable bonds is 4. The molecule has 5 unspecified atom stereocenters. The van der Waals surface area contributed by atoms with E-state index in [9.17, 15) is 4.79 Å². The van der Waals surface area contributed by atoms with Crippen molar-refractivity contribution in [2.24, 2.45) is 29.6 Å². The van der Waals surface area contributed by atoms with E-state index in [1.807, 2.05) is 10.8 Å². The Morgan fingerprint density at radius 3 is 2.77 bits per heavy atom. The number of esters is 1. The molecule has 1 aromatic rings. The molecule has 3 saturated carbocycles. The fourth-order valence-corrected chi connectivity index (χ4v) is 6.40. The van der Waals surface area contributed by atoms with E-state index in [0.717, 1.165) is 24.7 Å². The molecule has 5 rings (SSSR count). The van der Waals surface area contributed by atoms with Gasteiger partial charge in [0.25, 0.3) is 0 Å². The van der Waals surface area contributed by atoms with E-state index < -0.39 is 11.6 Å². The maximum atomic E-state index is 12.5. The van der Waals surface area contributed by atoms with Crippen LogP contribution >= 0.6 is 0 Å². The van der Waals surface area contributed by atoms with Crippen LogP contribution < -0.4 is 0 Å². The first-order chi connectivity index (χ1) is 14.5. The van der Waals surface area contributed by atoms with Gasteiger partial charge in [0.05, 0.1) is 18.8 Å². The molecule has 2 bridgehead atoms. The Balaban J connectivity index is 1.16. The van der Waals surface area contributed by atoms with Crippen LogP contribution in [0.1, 0.15) is 65.2 Å². The van der Waals surface area contributed by atoms with Crippen LogP contribution in [0.3, 0.4) is 0 Å². The summed E-state index contributed by atoms with van der Waals surface area (Å²) in [4.78, 5) is 28.5. The van der Waals surface area contributed by atoms with Gasteiger partial charge in [0.15, 0.2) is 0 Å². The molecule has 2 heterocycles. The summed E-state index contributed by atoms with van der Waals surface area (Å²) in [6, 6.07) is 0. The molecule has 0 radical (unpaired) electrons. The lowest BCUT2D eigenvalue weighted by Gasteiger charge is -2.50. The highest BCUT2D eigenvalue weighted by atomic mass is 17.3. The number of fused-ring (bicyclic) bond motifs is 3. The monoisotopic (exact) mass is 418 g/mol. The van der Waals surface area contributed by atoms with Crippen molar-refractivity contribution in [1.82, 2.24) is 9.55 Å². The Kier molecular flexibility index (Phi) is 5.40. The maximum absolute atomic E-state index is 12.5. The standard InChI is InChI=1S/C23H34N2O5/c1-16-11-18-13-17(2)23(20(12-16)14-18)28-22(29-30-23)5-3-19(4-6-22)21(26)27-10-9-25-8-7-24-15-25/h7-8,15-20H,3-6,9-14H2,1-2H3. The van der Waals surface area contributed by atoms with Gasteiger partial charge in [-0.25, -0.2) is 4.98 Å². The van der Waals surface area contributed by atoms with Crippen LogP contribution in [-0.2, 0) is 30.6 Å². The molecule has 3 aliphatic carbocycles. The third-order valence-corrected chi connectivity index (χ3v) is 7.89. The molecule has 4 aliphatic rings. The Morgan fingerprint density at radius 1 is 1.17 bits per heavy atom. The number of imidazole rings is 1. The minimum atomic E-state index is -0.699. The molecule has 30 heavy (non-hydrogen) atoms. The molecule has 0 amide bonds. The fraction of sp³-hybridized carbons (Fsp3) is 0.826. The van der Waals surface area contributed by atoms with Crippen LogP contribution in [0.15, 0.2) is 18.7 Å². The lowest BCUT2D eigenvalue weighted by atomic mass is 9.62. The van der Waals surface area contributed by atoms with Crippen molar-refractivity contribution in [3.8, 4) is 0 Å². The fourth-order valence-electron chi connectivity index (χ4n) is 6.40. The number of aromatic nitrogens is 2. The largest absolute Gasteiger partial charge is 0.464 e. The zero-order chi connectivity index (χ0) is 20.8. The normalized spacial score (nSPS) is 43.2. The van der Waals surface area contributed by atoms with Gasteiger partial charge in [0.1, 0.15) is 6.61 Å². The van der Waals surface area contributed by atoms with Crippen LogP contribution in [0.25, 0.3) is 0 Å². The predicted molar refractivity (Wildman–Crippen MR) is 108 cm³/mol. The topological polar surface area (TPSA) is 71.8 Å². The third-order valence-electron chi connectivity index (χ3n) is 7.89. The van der Waals surface area contributed by atoms with Gasteiger partial charge in [-0.1, -0.05) is 13.8 Å². The molecular weight excluding hydrogens is 384 g/mol. The molecule has 2 spiro atoms. The molecule has 7 nitrogen and oxygen atoms in total. The number of hydrogen-bond acceptors (Lipinski definition) is 6. The lowest BCUT2D eigenvalue weighted by Crippen LogP contribution is -2.54. The van der Waals surface area contributed by atoms with E-state index in [-0.39, 0.29) is 11.9 Å². The minimum absolute atomic E-state index is 0.0926. The van der Waals surface area contributed by atoms with Gasteiger partial charge >= 0.3 is 5.97 Å². The Hall–Kier alpha value is -1.44. The van der Waals surface area contributed by atoms with Gasteiger partial charge in [0.2, 0.25) is 11.6 Å². The van der Waals surface area contributed by atoms with E-state index >= 15 is 0 Å². The van der Waals surface area contributed by atoms with Gasteiger partial charge in [-0.15, -0.1) is 0 Å². The second-order valence-electron chi connectivity index (χ2n) is 10.2. The van der Waals surface area contributed by atoms with Crippen molar-refractivity contribution in [2.45, 2.75) is 83.3 Å². The number of nitrogens with zero attached hydrogens (tertiary/aromatic N) is 2. The summed E-state index contributed by atoms with van der Waals surface area (Å²) in [5, 5.41) is 0. The van der Waals surface area contributed by atoms with Gasteiger partial charge in [-0.2, -0.15) is 9.78 Å². The number of carbonyl (C=O) groups excluding carboxylic acids is 1. The van der Waals surface area contributed by atoms with Gasteiger partial charge in [-0.05, 0) is 50.4 Å².